The maximum absolute atomic E-state index is 11.5. The minimum atomic E-state index is -2.37. The van der Waals surface area contributed by atoms with Gasteiger partial charge in [-0.2, -0.15) is 0 Å². The Morgan fingerprint density at radius 2 is 1.41 bits per heavy atom. The topological polar surface area (TPSA) is 17.1 Å². The van der Waals surface area contributed by atoms with Gasteiger partial charge in [0.25, 0.3) is 0 Å². The van der Waals surface area contributed by atoms with Crippen molar-refractivity contribution >= 4 is 29.4 Å². The van der Waals surface area contributed by atoms with E-state index in [9.17, 15) is 4.79 Å². The maximum atomic E-state index is 11.5. The van der Waals surface area contributed by atoms with Gasteiger partial charge < -0.3 is 0 Å². The molecule has 0 radical (unpaired) electrons. The molecular weight excluding hydrogens is 344 g/mol. The molecular formula is C25H22OSi. The van der Waals surface area contributed by atoms with E-state index in [0.717, 1.165) is 11.6 Å². The zero-order valence-corrected chi connectivity index (χ0v) is 16.5. The lowest BCUT2D eigenvalue weighted by Gasteiger charge is -2.33. The molecule has 0 amide bonds. The Labute approximate surface area is 162 Å². The van der Waals surface area contributed by atoms with Crippen molar-refractivity contribution in [1.29, 1.82) is 0 Å². The van der Waals surface area contributed by atoms with Crippen LogP contribution in [0.1, 0.15) is 12.5 Å². The van der Waals surface area contributed by atoms with Crippen molar-refractivity contribution in [3.8, 4) is 11.8 Å². The smallest absolute Gasteiger partial charge is 0.202 e. The van der Waals surface area contributed by atoms with E-state index in [4.69, 9.17) is 0 Å². The van der Waals surface area contributed by atoms with Crippen LogP contribution < -0.4 is 15.6 Å². The SMILES string of the molecule is C=CC[Si](c1ccccc1)(c1ccccc1)c1ccccc1C#CC(C)=O. The van der Waals surface area contributed by atoms with Crippen LogP contribution in [-0.2, 0) is 4.79 Å². The highest BCUT2D eigenvalue weighted by Gasteiger charge is 2.39. The van der Waals surface area contributed by atoms with E-state index in [2.05, 4.69) is 79.1 Å². The van der Waals surface area contributed by atoms with E-state index in [-0.39, 0.29) is 5.78 Å². The molecule has 27 heavy (non-hydrogen) atoms. The highest BCUT2D eigenvalue weighted by Crippen LogP contribution is 2.15. The Morgan fingerprint density at radius 3 is 1.93 bits per heavy atom. The van der Waals surface area contributed by atoms with Crippen molar-refractivity contribution in [2.24, 2.45) is 0 Å². The highest BCUT2D eigenvalue weighted by molar-refractivity contribution is 7.12. The summed E-state index contributed by atoms with van der Waals surface area (Å²) in [5.74, 6) is 5.72. The largest absolute Gasteiger partial charge is 0.285 e. The number of allylic oxidation sites excluding steroid dienone is 1. The van der Waals surface area contributed by atoms with E-state index < -0.39 is 8.07 Å². The average Bonchev–Trinajstić information content (AvgIpc) is 2.72. The fourth-order valence-electron chi connectivity index (χ4n) is 3.60. The summed E-state index contributed by atoms with van der Waals surface area (Å²) in [6, 6.07) is 30.4. The lowest BCUT2D eigenvalue weighted by molar-refractivity contribution is -0.111. The zero-order valence-electron chi connectivity index (χ0n) is 15.5. The molecule has 0 heterocycles. The van der Waals surface area contributed by atoms with Gasteiger partial charge >= 0.3 is 0 Å². The molecule has 0 aliphatic rings. The molecule has 0 atom stereocenters. The normalized spacial score (nSPS) is 10.6. The second-order valence-electron chi connectivity index (χ2n) is 6.48. The standard InChI is InChI=1S/C25H22OSi/c1-3-20-27(23-13-6-4-7-14-23,24-15-8-5-9-16-24)25-17-11-10-12-22(25)19-18-21(2)26/h3-17H,1,20H2,2H3. The summed E-state index contributed by atoms with van der Waals surface area (Å²) in [5, 5.41) is 3.84. The summed E-state index contributed by atoms with van der Waals surface area (Å²) >= 11 is 0. The second kappa shape index (κ2) is 8.49. The van der Waals surface area contributed by atoms with Gasteiger partial charge in [0.15, 0.2) is 8.07 Å². The molecule has 3 rings (SSSR count). The third-order valence-electron chi connectivity index (χ3n) is 4.74. The fraction of sp³-hybridized carbons (Fsp3) is 0.0800. The van der Waals surface area contributed by atoms with E-state index in [0.29, 0.717) is 0 Å². The van der Waals surface area contributed by atoms with Crippen LogP contribution in [0.2, 0.25) is 6.04 Å². The van der Waals surface area contributed by atoms with Gasteiger partial charge in [-0.15, -0.1) is 6.58 Å². The third-order valence-corrected chi connectivity index (χ3v) is 9.64. The molecule has 0 spiro atoms. The third kappa shape index (κ3) is 3.84. The van der Waals surface area contributed by atoms with E-state index in [1.165, 1.54) is 22.5 Å². The summed E-state index contributed by atoms with van der Waals surface area (Å²) in [6.07, 6.45) is 2.02. The van der Waals surface area contributed by atoms with Crippen LogP contribution in [0.15, 0.2) is 97.6 Å². The molecule has 0 aromatic heterocycles. The minimum absolute atomic E-state index is 0.125. The van der Waals surface area contributed by atoms with Crippen LogP contribution >= 0.6 is 0 Å². The first-order valence-electron chi connectivity index (χ1n) is 9.02. The van der Waals surface area contributed by atoms with Crippen LogP contribution in [0.5, 0.6) is 0 Å². The molecule has 3 aromatic rings. The fourth-order valence-corrected chi connectivity index (χ4v) is 8.19. The van der Waals surface area contributed by atoms with Crippen molar-refractivity contribution in [2.45, 2.75) is 13.0 Å². The van der Waals surface area contributed by atoms with E-state index >= 15 is 0 Å². The van der Waals surface area contributed by atoms with E-state index in [1.807, 2.05) is 30.3 Å². The van der Waals surface area contributed by atoms with Gasteiger partial charge in [0.05, 0.1) is 0 Å². The van der Waals surface area contributed by atoms with Crippen molar-refractivity contribution in [3.63, 3.8) is 0 Å². The molecule has 2 heteroatoms. The number of hydrogen-bond acceptors (Lipinski definition) is 1. The number of benzene rings is 3. The monoisotopic (exact) mass is 366 g/mol. The van der Waals surface area contributed by atoms with Crippen molar-refractivity contribution < 1.29 is 4.79 Å². The van der Waals surface area contributed by atoms with Gasteiger partial charge in [0.1, 0.15) is 0 Å². The zero-order chi connectivity index (χ0) is 19.1. The number of rotatable bonds is 5. The van der Waals surface area contributed by atoms with Crippen LogP contribution in [0.25, 0.3) is 0 Å². The number of hydrogen-bond donors (Lipinski definition) is 0. The Bertz CT molecular complexity index is 955. The lowest BCUT2D eigenvalue weighted by Crippen LogP contribution is -2.67. The van der Waals surface area contributed by atoms with E-state index in [1.54, 1.807) is 0 Å². The molecule has 0 saturated heterocycles. The van der Waals surface area contributed by atoms with Gasteiger partial charge in [-0.1, -0.05) is 90.9 Å². The highest BCUT2D eigenvalue weighted by atomic mass is 28.3. The summed E-state index contributed by atoms with van der Waals surface area (Å²) in [6.45, 7) is 5.57. The van der Waals surface area contributed by atoms with Crippen LogP contribution in [0, 0.1) is 11.8 Å². The molecule has 132 valence electrons. The first-order chi connectivity index (χ1) is 13.2. The first-order valence-corrected chi connectivity index (χ1v) is 11.2. The first kappa shape index (κ1) is 18.6. The van der Waals surface area contributed by atoms with Crippen LogP contribution in [0.3, 0.4) is 0 Å². The van der Waals surface area contributed by atoms with Crippen LogP contribution in [0.4, 0.5) is 0 Å². The van der Waals surface area contributed by atoms with Gasteiger partial charge in [0, 0.05) is 12.5 Å². The molecule has 0 fully saturated rings. The summed E-state index contributed by atoms with van der Waals surface area (Å²) in [5.41, 5.74) is 0.925. The van der Waals surface area contributed by atoms with Gasteiger partial charge in [-0.25, -0.2) is 0 Å². The van der Waals surface area contributed by atoms with Gasteiger partial charge in [-0.05, 0) is 33.6 Å². The second-order valence-corrected chi connectivity index (χ2v) is 10.4. The molecule has 0 unspecified atom stereocenters. The van der Waals surface area contributed by atoms with Crippen molar-refractivity contribution in [1.82, 2.24) is 0 Å². The number of carbonyl (C=O) groups is 1. The molecule has 0 bridgehead atoms. The lowest BCUT2D eigenvalue weighted by atomic mass is 10.2. The molecule has 0 aliphatic carbocycles. The quantitative estimate of drug-likeness (QED) is 0.293. The molecule has 0 aliphatic heterocycles. The predicted molar refractivity (Wildman–Crippen MR) is 117 cm³/mol. The number of ketones is 1. The minimum Gasteiger partial charge on any atom is -0.285 e. The summed E-state index contributed by atoms with van der Waals surface area (Å²) in [7, 11) is -2.37. The Kier molecular flexibility index (Phi) is 5.86. The molecule has 3 aromatic carbocycles. The van der Waals surface area contributed by atoms with Gasteiger partial charge in [0.2, 0.25) is 5.78 Å². The average molecular weight is 367 g/mol. The van der Waals surface area contributed by atoms with Gasteiger partial charge in [-0.3, -0.25) is 4.79 Å². The Morgan fingerprint density at radius 1 is 0.889 bits per heavy atom. The van der Waals surface area contributed by atoms with Crippen molar-refractivity contribution in [2.75, 3.05) is 0 Å². The molecule has 0 N–H and O–H groups in total. The number of Topliss-reactive ketones (excluding diaryl/α,β-unsaturated/α-hetero) is 1. The van der Waals surface area contributed by atoms with Crippen molar-refractivity contribution in [3.05, 3.63) is 103 Å². The summed E-state index contributed by atoms with van der Waals surface area (Å²) < 4.78 is 0. The maximum Gasteiger partial charge on any atom is 0.202 e. The number of carbonyl (C=O) groups excluding carboxylic acids is 1. The van der Waals surface area contributed by atoms with Crippen LogP contribution in [-0.4, -0.2) is 13.9 Å². The summed E-state index contributed by atoms with van der Waals surface area (Å²) in [4.78, 5) is 11.5. The molecule has 0 saturated carbocycles. The Balaban J connectivity index is 2.37. The molecule has 1 nitrogen and oxygen atoms in total. The predicted octanol–water partition coefficient (Wildman–Crippen LogP) is 3.28. The Hall–Kier alpha value is -3.15.